The third-order valence-corrected chi connectivity index (χ3v) is 7.61. The van der Waals surface area contributed by atoms with E-state index >= 15 is 0 Å². The van der Waals surface area contributed by atoms with Crippen molar-refractivity contribution in [2.45, 2.75) is 70.6 Å². The fourth-order valence-corrected chi connectivity index (χ4v) is 6.23. The maximum absolute atomic E-state index is 6.99. The standard InChI is InChI=1S/C15H25NO/c1-9-5-6-15(16)12(2,3)10-7-14(9,15)8-11-13(10,4)17-11/h9-11H,5-8,16H2,1-4H3/t9-,10?,11?,13?,14?,15+/m0/s1. The lowest BCUT2D eigenvalue weighted by Gasteiger charge is -2.47. The highest BCUT2D eigenvalue weighted by Gasteiger charge is 2.81. The van der Waals surface area contributed by atoms with Gasteiger partial charge in [0.25, 0.3) is 0 Å². The number of epoxide rings is 1. The second-order valence-corrected chi connectivity index (χ2v) is 8.04. The predicted molar refractivity (Wildman–Crippen MR) is 67.5 cm³/mol. The fourth-order valence-electron chi connectivity index (χ4n) is 6.23. The van der Waals surface area contributed by atoms with Gasteiger partial charge in [0, 0.05) is 5.54 Å². The molecule has 4 rings (SSSR count). The lowest BCUT2D eigenvalue weighted by Crippen LogP contribution is -2.58. The van der Waals surface area contributed by atoms with Crippen LogP contribution in [-0.2, 0) is 4.74 Å². The van der Waals surface area contributed by atoms with Crippen molar-refractivity contribution >= 4 is 0 Å². The number of fused-ring (bicyclic) bond motifs is 3. The molecule has 0 aromatic heterocycles. The average Bonchev–Trinajstić information content (AvgIpc) is 2.81. The molecule has 4 fully saturated rings. The van der Waals surface area contributed by atoms with E-state index in [-0.39, 0.29) is 16.6 Å². The Bertz CT molecular complexity index is 406. The van der Waals surface area contributed by atoms with Crippen molar-refractivity contribution in [1.82, 2.24) is 0 Å². The van der Waals surface area contributed by atoms with Gasteiger partial charge in [-0.2, -0.15) is 0 Å². The van der Waals surface area contributed by atoms with Crippen LogP contribution in [0.3, 0.4) is 0 Å². The van der Waals surface area contributed by atoms with Gasteiger partial charge in [0.05, 0.1) is 11.7 Å². The Kier molecular flexibility index (Phi) is 1.57. The molecule has 1 heterocycles. The van der Waals surface area contributed by atoms with Gasteiger partial charge < -0.3 is 10.5 Å². The van der Waals surface area contributed by atoms with Crippen molar-refractivity contribution in [2.75, 3.05) is 0 Å². The average molecular weight is 235 g/mol. The number of rotatable bonds is 0. The predicted octanol–water partition coefficient (Wildman–Crippen LogP) is 2.71. The molecule has 0 radical (unpaired) electrons. The Balaban J connectivity index is 1.92. The first kappa shape index (κ1) is 10.8. The van der Waals surface area contributed by atoms with Crippen LogP contribution < -0.4 is 5.73 Å². The molecule has 2 bridgehead atoms. The van der Waals surface area contributed by atoms with Gasteiger partial charge in [-0.25, -0.2) is 0 Å². The van der Waals surface area contributed by atoms with E-state index in [0.29, 0.717) is 17.4 Å². The minimum Gasteiger partial charge on any atom is -0.366 e. The Morgan fingerprint density at radius 3 is 2.59 bits per heavy atom. The molecule has 3 saturated carbocycles. The van der Waals surface area contributed by atoms with Crippen LogP contribution in [0.15, 0.2) is 0 Å². The zero-order chi connectivity index (χ0) is 12.3. The van der Waals surface area contributed by atoms with E-state index in [0.717, 1.165) is 5.92 Å². The molecule has 3 aliphatic carbocycles. The second kappa shape index (κ2) is 2.46. The number of hydrogen-bond donors (Lipinski definition) is 1. The Labute approximate surface area is 104 Å². The van der Waals surface area contributed by atoms with Crippen molar-refractivity contribution in [2.24, 2.45) is 28.4 Å². The molecule has 2 heteroatoms. The van der Waals surface area contributed by atoms with Crippen LogP contribution >= 0.6 is 0 Å². The van der Waals surface area contributed by atoms with Crippen LogP contribution in [-0.4, -0.2) is 17.2 Å². The summed E-state index contributed by atoms with van der Waals surface area (Å²) in [5.41, 5.74) is 7.82. The monoisotopic (exact) mass is 235 g/mol. The summed E-state index contributed by atoms with van der Waals surface area (Å²) < 4.78 is 6.08. The zero-order valence-electron chi connectivity index (χ0n) is 11.5. The van der Waals surface area contributed by atoms with Gasteiger partial charge in [0.2, 0.25) is 0 Å². The van der Waals surface area contributed by atoms with E-state index < -0.39 is 0 Å². The van der Waals surface area contributed by atoms with Gasteiger partial charge in [-0.05, 0) is 55.3 Å². The van der Waals surface area contributed by atoms with Crippen molar-refractivity contribution < 1.29 is 4.74 Å². The molecule has 0 amide bonds. The summed E-state index contributed by atoms with van der Waals surface area (Å²) in [6, 6.07) is 0. The van der Waals surface area contributed by atoms with Gasteiger partial charge in [0.15, 0.2) is 0 Å². The maximum atomic E-state index is 6.99. The normalized spacial score (nSPS) is 66.5. The van der Waals surface area contributed by atoms with Gasteiger partial charge in [-0.3, -0.25) is 0 Å². The van der Waals surface area contributed by atoms with Crippen molar-refractivity contribution in [1.29, 1.82) is 0 Å². The molecule has 4 unspecified atom stereocenters. The highest BCUT2D eigenvalue weighted by molar-refractivity contribution is 5.32. The summed E-state index contributed by atoms with van der Waals surface area (Å²) in [5, 5.41) is 0. The summed E-state index contributed by atoms with van der Waals surface area (Å²) in [5.74, 6) is 1.45. The largest absolute Gasteiger partial charge is 0.366 e. The van der Waals surface area contributed by atoms with E-state index in [9.17, 15) is 0 Å². The lowest BCUT2D eigenvalue weighted by atomic mass is 9.62. The highest BCUT2D eigenvalue weighted by Crippen LogP contribution is 2.78. The topological polar surface area (TPSA) is 38.5 Å². The molecular weight excluding hydrogens is 210 g/mol. The highest BCUT2D eigenvalue weighted by atomic mass is 16.6. The summed E-state index contributed by atoms with van der Waals surface area (Å²) in [4.78, 5) is 0. The third kappa shape index (κ3) is 0.831. The van der Waals surface area contributed by atoms with Gasteiger partial charge in [-0.1, -0.05) is 20.8 Å². The smallest absolute Gasteiger partial charge is 0.0954 e. The fraction of sp³-hybridized carbons (Fsp3) is 1.00. The summed E-state index contributed by atoms with van der Waals surface area (Å²) >= 11 is 0. The number of ether oxygens (including phenoxy) is 1. The van der Waals surface area contributed by atoms with Crippen LogP contribution in [0.2, 0.25) is 0 Å². The van der Waals surface area contributed by atoms with Crippen LogP contribution in [0, 0.1) is 22.7 Å². The molecule has 1 aliphatic heterocycles. The molecule has 0 aromatic rings. The molecule has 6 atom stereocenters. The Morgan fingerprint density at radius 2 is 1.88 bits per heavy atom. The van der Waals surface area contributed by atoms with Crippen LogP contribution in [0.25, 0.3) is 0 Å². The molecule has 0 aromatic carbocycles. The molecule has 4 aliphatic rings. The van der Waals surface area contributed by atoms with Crippen LogP contribution in [0.4, 0.5) is 0 Å². The van der Waals surface area contributed by atoms with E-state index in [1.807, 2.05) is 0 Å². The quantitative estimate of drug-likeness (QED) is 0.656. The molecule has 17 heavy (non-hydrogen) atoms. The first-order chi connectivity index (χ1) is 7.78. The summed E-state index contributed by atoms with van der Waals surface area (Å²) in [6.07, 6.45) is 5.58. The van der Waals surface area contributed by atoms with Crippen LogP contribution in [0.5, 0.6) is 0 Å². The van der Waals surface area contributed by atoms with E-state index in [1.165, 1.54) is 25.7 Å². The van der Waals surface area contributed by atoms with Crippen molar-refractivity contribution in [3.8, 4) is 0 Å². The number of nitrogens with two attached hydrogens (primary N) is 1. The molecular formula is C15H25NO. The van der Waals surface area contributed by atoms with Gasteiger partial charge in [-0.15, -0.1) is 0 Å². The first-order valence-electron chi connectivity index (χ1n) is 7.25. The van der Waals surface area contributed by atoms with E-state index in [1.54, 1.807) is 0 Å². The minimum atomic E-state index is 0.0594. The van der Waals surface area contributed by atoms with Gasteiger partial charge >= 0.3 is 0 Å². The van der Waals surface area contributed by atoms with Gasteiger partial charge in [0.1, 0.15) is 0 Å². The van der Waals surface area contributed by atoms with E-state index in [4.69, 9.17) is 10.5 Å². The Hall–Kier alpha value is -0.0800. The maximum Gasteiger partial charge on any atom is 0.0954 e. The SMILES string of the molecule is C[C@H]1CC[C@@]2(N)C(C)(C)C3CC12CC1OC13C. The zero-order valence-corrected chi connectivity index (χ0v) is 11.5. The molecule has 2 nitrogen and oxygen atoms in total. The van der Waals surface area contributed by atoms with E-state index in [2.05, 4.69) is 27.7 Å². The summed E-state index contributed by atoms with van der Waals surface area (Å²) in [6.45, 7) is 9.57. The molecule has 1 saturated heterocycles. The third-order valence-electron chi connectivity index (χ3n) is 7.61. The Morgan fingerprint density at radius 1 is 1.18 bits per heavy atom. The van der Waals surface area contributed by atoms with Crippen LogP contribution in [0.1, 0.15) is 53.4 Å². The second-order valence-electron chi connectivity index (χ2n) is 8.04. The van der Waals surface area contributed by atoms with Crippen molar-refractivity contribution in [3.05, 3.63) is 0 Å². The molecule has 1 spiro atoms. The lowest BCUT2D eigenvalue weighted by molar-refractivity contribution is 0.0550. The molecule has 96 valence electrons. The number of hydrogen-bond acceptors (Lipinski definition) is 2. The minimum absolute atomic E-state index is 0.0594. The first-order valence-corrected chi connectivity index (χ1v) is 7.25. The summed E-state index contributed by atoms with van der Waals surface area (Å²) in [7, 11) is 0. The van der Waals surface area contributed by atoms with Crippen molar-refractivity contribution in [3.63, 3.8) is 0 Å². The molecule has 2 N–H and O–H groups in total.